The monoisotopic (exact) mass is 236 g/mol. The van der Waals surface area contributed by atoms with Crippen molar-refractivity contribution in [3.63, 3.8) is 0 Å². The first-order valence-corrected chi connectivity index (χ1v) is 5.95. The van der Waals surface area contributed by atoms with Gasteiger partial charge in [0, 0.05) is 25.5 Å². The van der Waals surface area contributed by atoms with E-state index in [1.807, 2.05) is 26.0 Å². The van der Waals surface area contributed by atoms with Crippen LogP contribution in [-0.2, 0) is 16.0 Å². The Morgan fingerprint density at radius 2 is 2.35 bits per heavy atom. The summed E-state index contributed by atoms with van der Waals surface area (Å²) in [4.78, 5) is 15.5. The number of amides is 1. The highest BCUT2D eigenvalue weighted by Crippen LogP contribution is 1.96. The Morgan fingerprint density at radius 3 is 3.00 bits per heavy atom. The van der Waals surface area contributed by atoms with Crippen molar-refractivity contribution in [3.05, 3.63) is 30.1 Å². The lowest BCUT2D eigenvalue weighted by Crippen LogP contribution is -2.27. The molecule has 1 rings (SSSR count). The quantitative estimate of drug-likeness (QED) is 0.731. The van der Waals surface area contributed by atoms with Crippen LogP contribution >= 0.6 is 0 Å². The fourth-order valence-corrected chi connectivity index (χ4v) is 1.37. The minimum atomic E-state index is 0.0301. The predicted molar refractivity (Wildman–Crippen MR) is 66.7 cm³/mol. The second-order valence-corrected chi connectivity index (χ2v) is 4.16. The van der Waals surface area contributed by atoms with Crippen LogP contribution in [0, 0.1) is 0 Å². The van der Waals surface area contributed by atoms with Crippen LogP contribution < -0.4 is 5.32 Å². The zero-order valence-corrected chi connectivity index (χ0v) is 10.5. The van der Waals surface area contributed by atoms with E-state index in [-0.39, 0.29) is 12.0 Å². The summed E-state index contributed by atoms with van der Waals surface area (Å²) in [7, 11) is 0. The van der Waals surface area contributed by atoms with Crippen molar-refractivity contribution >= 4 is 5.91 Å². The predicted octanol–water partition coefficient (Wildman–Crippen LogP) is 1.56. The summed E-state index contributed by atoms with van der Waals surface area (Å²) in [5, 5.41) is 2.86. The molecule has 0 aliphatic rings. The van der Waals surface area contributed by atoms with Crippen molar-refractivity contribution in [3.8, 4) is 0 Å². The average molecular weight is 236 g/mol. The number of hydrogen-bond acceptors (Lipinski definition) is 3. The number of rotatable bonds is 7. The van der Waals surface area contributed by atoms with Crippen LogP contribution in [0.2, 0.25) is 0 Å². The van der Waals surface area contributed by atoms with Crippen LogP contribution in [0.25, 0.3) is 0 Å². The van der Waals surface area contributed by atoms with Gasteiger partial charge in [-0.05, 0) is 31.9 Å². The van der Waals surface area contributed by atoms with E-state index in [0.717, 1.165) is 12.0 Å². The van der Waals surface area contributed by atoms with E-state index in [9.17, 15) is 4.79 Å². The van der Waals surface area contributed by atoms with E-state index in [4.69, 9.17) is 4.74 Å². The maximum Gasteiger partial charge on any atom is 0.224 e. The molecule has 0 bridgehead atoms. The smallest absolute Gasteiger partial charge is 0.224 e. The Labute approximate surface area is 102 Å². The Balaban J connectivity index is 2.10. The third kappa shape index (κ3) is 6.68. The Kier molecular flexibility index (Phi) is 6.25. The van der Waals surface area contributed by atoms with Gasteiger partial charge in [0.05, 0.1) is 12.5 Å². The number of carbonyl (C=O) groups excluding carboxylic acids is 1. The molecule has 0 aliphatic heterocycles. The van der Waals surface area contributed by atoms with E-state index >= 15 is 0 Å². The molecule has 0 aromatic carbocycles. The molecule has 17 heavy (non-hydrogen) atoms. The average Bonchev–Trinajstić information content (AvgIpc) is 2.29. The second-order valence-electron chi connectivity index (χ2n) is 4.16. The highest BCUT2D eigenvalue weighted by molar-refractivity contribution is 5.78. The summed E-state index contributed by atoms with van der Waals surface area (Å²) in [6, 6.07) is 3.73. The van der Waals surface area contributed by atoms with E-state index in [2.05, 4.69) is 10.3 Å². The number of pyridine rings is 1. The molecule has 0 saturated heterocycles. The minimum absolute atomic E-state index is 0.0301. The minimum Gasteiger partial charge on any atom is -0.379 e. The normalized spacial score (nSPS) is 10.5. The first-order valence-electron chi connectivity index (χ1n) is 5.95. The lowest BCUT2D eigenvalue weighted by Gasteiger charge is -2.08. The number of aromatic nitrogens is 1. The number of nitrogens with zero attached hydrogens (tertiary/aromatic N) is 1. The number of ether oxygens (including phenoxy) is 1. The molecule has 4 heteroatoms. The Hall–Kier alpha value is -1.42. The highest BCUT2D eigenvalue weighted by atomic mass is 16.5. The van der Waals surface area contributed by atoms with Crippen LogP contribution in [-0.4, -0.2) is 30.1 Å². The van der Waals surface area contributed by atoms with E-state index < -0.39 is 0 Å². The van der Waals surface area contributed by atoms with Crippen LogP contribution in [0.1, 0.15) is 25.8 Å². The first-order chi connectivity index (χ1) is 8.18. The van der Waals surface area contributed by atoms with Crippen LogP contribution in [0.3, 0.4) is 0 Å². The molecule has 94 valence electrons. The van der Waals surface area contributed by atoms with Gasteiger partial charge in [0.15, 0.2) is 0 Å². The lowest BCUT2D eigenvalue weighted by atomic mass is 10.2. The van der Waals surface area contributed by atoms with Crippen molar-refractivity contribution in [2.24, 2.45) is 0 Å². The molecular formula is C13H20N2O2. The maximum absolute atomic E-state index is 11.5. The van der Waals surface area contributed by atoms with Gasteiger partial charge in [0.2, 0.25) is 5.91 Å². The molecule has 0 radical (unpaired) electrons. The molecule has 1 N–H and O–H groups in total. The molecule has 1 heterocycles. The molecule has 0 atom stereocenters. The van der Waals surface area contributed by atoms with Gasteiger partial charge in [0.25, 0.3) is 0 Å². The molecule has 4 nitrogen and oxygen atoms in total. The molecular weight excluding hydrogens is 216 g/mol. The van der Waals surface area contributed by atoms with E-state index in [1.165, 1.54) is 0 Å². The summed E-state index contributed by atoms with van der Waals surface area (Å²) in [6.07, 6.45) is 4.89. The molecule has 1 amide bonds. The number of nitrogens with one attached hydrogen (secondary N) is 1. The van der Waals surface area contributed by atoms with Crippen LogP contribution in [0.4, 0.5) is 0 Å². The van der Waals surface area contributed by atoms with Crippen molar-refractivity contribution in [1.82, 2.24) is 10.3 Å². The highest BCUT2D eigenvalue weighted by Gasteiger charge is 2.02. The largest absolute Gasteiger partial charge is 0.379 e. The van der Waals surface area contributed by atoms with Gasteiger partial charge in [-0.3, -0.25) is 9.78 Å². The van der Waals surface area contributed by atoms with Gasteiger partial charge in [-0.25, -0.2) is 0 Å². The van der Waals surface area contributed by atoms with Crippen molar-refractivity contribution in [1.29, 1.82) is 0 Å². The standard InChI is InChI=1S/C13H20N2O2/c1-11(2)17-8-4-7-15-13(16)9-12-5-3-6-14-10-12/h3,5-6,10-11H,4,7-9H2,1-2H3,(H,15,16). The fourth-order valence-electron chi connectivity index (χ4n) is 1.37. The van der Waals surface area contributed by atoms with Crippen molar-refractivity contribution in [2.45, 2.75) is 32.8 Å². The molecule has 1 aromatic rings. The van der Waals surface area contributed by atoms with E-state index in [1.54, 1.807) is 12.4 Å². The van der Waals surface area contributed by atoms with Crippen molar-refractivity contribution < 1.29 is 9.53 Å². The number of carbonyl (C=O) groups is 1. The topological polar surface area (TPSA) is 51.2 Å². The molecule has 0 unspecified atom stereocenters. The SMILES string of the molecule is CC(C)OCCCNC(=O)Cc1cccnc1. The zero-order valence-electron chi connectivity index (χ0n) is 10.5. The number of hydrogen-bond donors (Lipinski definition) is 1. The summed E-state index contributed by atoms with van der Waals surface area (Å²) < 4.78 is 5.38. The van der Waals surface area contributed by atoms with Crippen LogP contribution in [0.15, 0.2) is 24.5 Å². The maximum atomic E-state index is 11.5. The molecule has 0 saturated carbocycles. The van der Waals surface area contributed by atoms with Gasteiger partial charge in [-0.2, -0.15) is 0 Å². The zero-order chi connectivity index (χ0) is 12.5. The summed E-state index contributed by atoms with van der Waals surface area (Å²) in [5.41, 5.74) is 0.934. The molecule has 0 fully saturated rings. The third-order valence-electron chi connectivity index (χ3n) is 2.18. The molecule has 0 aliphatic carbocycles. The Bertz CT molecular complexity index is 325. The molecule has 1 aromatic heterocycles. The fraction of sp³-hybridized carbons (Fsp3) is 0.538. The van der Waals surface area contributed by atoms with E-state index in [0.29, 0.717) is 19.6 Å². The van der Waals surface area contributed by atoms with Gasteiger partial charge < -0.3 is 10.1 Å². The van der Waals surface area contributed by atoms with Gasteiger partial charge in [-0.1, -0.05) is 6.07 Å². The lowest BCUT2D eigenvalue weighted by molar-refractivity contribution is -0.120. The van der Waals surface area contributed by atoms with Gasteiger partial charge in [-0.15, -0.1) is 0 Å². The van der Waals surface area contributed by atoms with Crippen LogP contribution in [0.5, 0.6) is 0 Å². The van der Waals surface area contributed by atoms with Gasteiger partial charge in [0.1, 0.15) is 0 Å². The van der Waals surface area contributed by atoms with Crippen molar-refractivity contribution in [2.75, 3.05) is 13.2 Å². The first kappa shape index (κ1) is 13.6. The van der Waals surface area contributed by atoms with Gasteiger partial charge >= 0.3 is 0 Å². The third-order valence-corrected chi connectivity index (χ3v) is 2.18. The second kappa shape index (κ2) is 7.79. The Morgan fingerprint density at radius 1 is 1.53 bits per heavy atom. The molecule has 0 spiro atoms. The summed E-state index contributed by atoms with van der Waals surface area (Å²) in [6.45, 7) is 5.35. The summed E-state index contributed by atoms with van der Waals surface area (Å²) in [5.74, 6) is 0.0301. The summed E-state index contributed by atoms with van der Waals surface area (Å²) >= 11 is 0.